The van der Waals surface area contributed by atoms with Crippen molar-refractivity contribution < 1.29 is 62.3 Å². The van der Waals surface area contributed by atoms with Crippen molar-refractivity contribution >= 4 is 35.9 Å². The summed E-state index contributed by atoms with van der Waals surface area (Å²) in [5.41, 5.74) is -1.63. The van der Waals surface area contributed by atoms with Crippen LogP contribution < -0.4 is 5.32 Å². The monoisotopic (exact) mass is 840 g/mol. The average molecular weight is 841 g/mol. The van der Waals surface area contributed by atoms with E-state index in [0.717, 1.165) is 38.5 Å². The normalized spacial score (nSPS) is 29.5. The number of fused-ring (bicyclic) bond motifs is 4. The van der Waals surface area contributed by atoms with E-state index in [1.807, 2.05) is 12.1 Å². The standard InChI is InChI=1S/C45H64N2O13/c1-8-10-14-22-44(23-15-11-9-2)58-34-31-24-45(41(53)46-30(26-48)19-21-33(50)57-42(3,4)5)36(39(51)55-31)47(60-37(45)35(34)59-44)25-29-17-13-12-16-28(29)18-20-32(49)56-38-40(52)54-27-43(38,6)7/h12-13,16-18,20,30-31,34-38,48H,8-11,14-15,19,21-27H2,1-7H3,(H,46,53)/t30-,31+,34-,35-,36-,37+,38-,45-/m0/s1. The number of aliphatic hydroxyl groups is 1. The molecule has 332 valence electrons. The molecule has 1 saturated carbocycles. The summed E-state index contributed by atoms with van der Waals surface area (Å²) in [4.78, 5) is 73.9. The maximum atomic E-state index is 15.0. The minimum Gasteiger partial charge on any atom is -0.462 e. The van der Waals surface area contributed by atoms with Gasteiger partial charge in [-0.3, -0.25) is 19.2 Å². The maximum absolute atomic E-state index is 15.0. The third kappa shape index (κ3) is 9.75. The van der Waals surface area contributed by atoms with Crippen LogP contribution in [0.25, 0.3) is 6.08 Å². The van der Waals surface area contributed by atoms with Crippen molar-refractivity contribution in [1.82, 2.24) is 10.4 Å². The number of aliphatic hydroxyl groups excluding tert-OH is 1. The molecular weight excluding hydrogens is 776 g/mol. The van der Waals surface area contributed by atoms with Crippen LogP contribution in [0, 0.1) is 10.8 Å². The van der Waals surface area contributed by atoms with Gasteiger partial charge in [-0.25, -0.2) is 9.59 Å². The van der Waals surface area contributed by atoms with Gasteiger partial charge < -0.3 is 38.8 Å². The first kappa shape index (κ1) is 45.6. The zero-order valence-corrected chi connectivity index (χ0v) is 36.2. The maximum Gasteiger partial charge on any atom is 0.348 e. The minimum absolute atomic E-state index is 0.00592. The number of ether oxygens (including phenoxy) is 6. The topological polar surface area (TPSA) is 185 Å². The fourth-order valence-corrected chi connectivity index (χ4v) is 9.17. The minimum atomic E-state index is -1.52. The number of hydroxylamine groups is 2. The molecule has 5 aliphatic rings. The quantitative estimate of drug-likeness (QED) is 0.0798. The van der Waals surface area contributed by atoms with Crippen LogP contribution in [0.15, 0.2) is 30.3 Å². The Morgan fingerprint density at radius 1 is 1.00 bits per heavy atom. The molecule has 4 heterocycles. The fraction of sp³-hybridized carbons (Fsp3) is 0.711. The first-order valence-corrected chi connectivity index (χ1v) is 21.7. The molecule has 1 aliphatic carbocycles. The number of carbonyl (C=O) groups is 5. The van der Waals surface area contributed by atoms with Gasteiger partial charge in [0.05, 0.1) is 19.2 Å². The Morgan fingerprint density at radius 2 is 1.68 bits per heavy atom. The number of nitrogens with one attached hydrogen (secondary N) is 1. The van der Waals surface area contributed by atoms with E-state index in [2.05, 4.69) is 19.2 Å². The van der Waals surface area contributed by atoms with Crippen LogP contribution in [0.4, 0.5) is 0 Å². The number of benzene rings is 1. The van der Waals surface area contributed by atoms with Crippen LogP contribution in [-0.4, -0.2) is 107 Å². The number of hydrogen-bond donors (Lipinski definition) is 2. The summed E-state index contributed by atoms with van der Waals surface area (Å²) in [5.74, 6) is -3.91. The summed E-state index contributed by atoms with van der Waals surface area (Å²) < 4.78 is 36.1. The molecule has 4 aliphatic heterocycles. The Bertz CT molecular complexity index is 1760. The van der Waals surface area contributed by atoms with Gasteiger partial charge in [-0.2, -0.15) is 5.06 Å². The van der Waals surface area contributed by atoms with Crippen molar-refractivity contribution in [2.75, 3.05) is 13.2 Å². The molecular formula is C45H64N2O13. The average Bonchev–Trinajstić information content (AvgIpc) is 3.83. The number of esters is 4. The second kappa shape index (κ2) is 18.6. The summed E-state index contributed by atoms with van der Waals surface area (Å²) >= 11 is 0. The number of unbranched alkanes of at least 4 members (excludes halogenated alkanes) is 4. The molecule has 15 heteroatoms. The van der Waals surface area contributed by atoms with Crippen molar-refractivity contribution in [2.45, 2.75) is 180 Å². The highest BCUT2D eigenvalue weighted by atomic mass is 16.8. The molecule has 2 bridgehead atoms. The molecule has 1 aromatic carbocycles. The highest BCUT2D eigenvalue weighted by molar-refractivity contribution is 5.94. The van der Waals surface area contributed by atoms with Gasteiger partial charge in [-0.1, -0.05) is 77.6 Å². The Balaban J connectivity index is 1.30. The molecule has 1 aromatic rings. The van der Waals surface area contributed by atoms with E-state index >= 15 is 0 Å². The number of cyclic esters (lactones) is 1. The van der Waals surface area contributed by atoms with Gasteiger partial charge >= 0.3 is 23.9 Å². The zero-order chi connectivity index (χ0) is 43.5. The first-order chi connectivity index (χ1) is 28.5. The molecule has 0 unspecified atom stereocenters. The summed E-state index contributed by atoms with van der Waals surface area (Å²) in [5, 5.41) is 14.9. The van der Waals surface area contributed by atoms with E-state index < -0.39 is 101 Å². The lowest BCUT2D eigenvalue weighted by molar-refractivity contribution is -0.224. The Hall–Kier alpha value is -3.89. The number of carbonyl (C=O) groups excluding carboxylic acids is 5. The van der Waals surface area contributed by atoms with E-state index in [-0.39, 0.29) is 32.4 Å². The lowest BCUT2D eigenvalue weighted by Crippen LogP contribution is -2.70. The predicted molar refractivity (Wildman–Crippen MR) is 216 cm³/mol. The summed E-state index contributed by atoms with van der Waals surface area (Å²) in [7, 11) is 0. The van der Waals surface area contributed by atoms with Gasteiger partial charge in [0.1, 0.15) is 42.0 Å². The molecule has 6 rings (SSSR count). The van der Waals surface area contributed by atoms with Crippen LogP contribution in [-0.2, 0) is 63.8 Å². The van der Waals surface area contributed by atoms with Gasteiger partial charge in [0.15, 0.2) is 11.8 Å². The van der Waals surface area contributed by atoms with Crippen molar-refractivity contribution in [1.29, 1.82) is 0 Å². The highest BCUT2D eigenvalue weighted by Gasteiger charge is 2.76. The van der Waals surface area contributed by atoms with Crippen LogP contribution in [0.5, 0.6) is 0 Å². The second-order valence-electron chi connectivity index (χ2n) is 18.6. The van der Waals surface area contributed by atoms with Gasteiger partial charge in [-0.15, -0.1) is 0 Å². The molecule has 0 aromatic heterocycles. The van der Waals surface area contributed by atoms with Crippen LogP contribution in [0.1, 0.15) is 130 Å². The van der Waals surface area contributed by atoms with E-state index in [9.17, 15) is 29.1 Å². The summed E-state index contributed by atoms with van der Waals surface area (Å²) in [6.07, 6.45) is 5.65. The molecule has 4 saturated heterocycles. The van der Waals surface area contributed by atoms with Gasteiger partial charge in [0.25, 0.3) is 0 Å². The van der Waals surface area contributed by atoms with Crippen molar-refractivity contribution in [3.63, 3.8) is 0 Å². The summed E-state index contributed by atoms with van der Waals surface area (Å²) in [6, 6.07) is 5.16. The Morgan fingerprint density at radius 3 is 2.32 bits per heavy atom. The molecule has 60 heavy (non-hydrogen) atoms. The van der Waals surface area contributed by atoms with Gasteiger partial charge in [-0.05, 0) is 57.2 Å². The summed E-state index contributed by atoms with van der Waals surface area (Å²) in [6.45, 7) is 12.8. The molecule has 0 spiro atoms. The smallest absolute Gasteiger partial charge is 0.348 e. The van der Waals surface area contributed by atoms with Crippen molar-refractivity contribution in [2.24, 2.45) is 10.8 Å². The van der Waals surface area contributed by atoms with Gasteiger partial charge in [0, 0.05) is 37.2 Å². The third-order valence-corrected chi connectivity index (χ3v) is 12.2. The van der Waals surface area contributed by atoms with E-state index in [1.165, 1.54) is 11.1 Å². The number of nitrogens with zero attached hydrogens (tertiary/aromatic N) is 1. The lowest BCUT2D eigenvalue weighted by atomic mass is 9.62. The Labute approximate surface area is 353 Å². The van der Waals surface area contributed by atoms with Crippen LogP contribution >= 0.6 is 0 Å². The number of rotatable bonds is 19. The van der Waals surface area contributed by atoms with Crippen molar-refractivity contribution in [3.05, 3.63) is 41.5 Å². The molecule has 8 atom stereocenters. The number of amides is 1. The molecule has 2 N–H and O–H groups in total. The Kier molecular flexibility index (Phi) is 14.2. The largest absolute Gasteiger partial charge is 0.462 e. The fourth-order valence-electron chi connectivity index (χ4n) is 9.17. The first-order valence-electron chi connectivity index (χ1n) is 21.7. The molecule has 1 amide bonds. The van der Waals surface area contributed by atoms with E-state index in [0.29, 0.717) is 24.0 Å². The van der Waals surface area contributed by atoms with Gasteiger partial charge in [0.2, 0.25) is 12.0 Å². The van der Waals surface area contributed by atoms with E-state index in [1.54, 1.807) is 52.8 Å². The van der Waals surface area contributed by atoms with Crippen LogP contribution in [0.2, 0.25) is 0 Å². The number of hydrogen-bond acceptors (Lipinski definition) is 14. The predicted octanol–water partition coefficient (Wildman–Crippen LogP) is 5.23. The molecule has 5 fully saturated rings. The lowest BCUT2D eigenvalue weighted by Gasteiger charge is -2.49. The van der Waals surface area contributed by atoms with Crippen LogP contribution in [0.3, 0.4) is 0 Å². The van der Waals surface area contributed by atoms with E-state index in [4.69, 9.17) is 33.3 Å². The molecule has 15 nitrogen and oxygen atoms in total. The van der Waals surface area contributed by atoms with Crippen molar-refractivity contribution in [3.8, 4) is 0 Å². The second-order valence-corrected chi connectivity index (χ2v) is 18.6. The SMILES string of the molecule is CCCCCC1(CCCCC)O[C@@H]2[C@H](O1)[C@H]1ON(Cc3ccccc3C=CC(=O)O[C@H]3C(=O)OCC3(C)C)[C@H]3C(=O)O[C@@H]2C[C@@]13C(=O)N[C@H](CO)CCC(=O)OC(C)(C)C. The zero-order valence-electron chi connectivity index (χ0n) is 36.2. The molecule has 0 radical (unpaired) electrons. The highest BCUT2D eigenvalue weighted by Crippen LogP contribution is 2.58. The third-order valence-electron chi connectivity index (χ3n) is 12.2.